The van der Waals surface area contributed by atoms with Gasteiger partial charge in [-0.25, -0.2) is 9.18 Å². The van der Waals surface area contributed by atoms with Crippen LogP contribution in [0.5, 0.6) is 0 Å². The Bertz CT molecular complexity index is 756. The summed E-state index contributed by atoms with van der Waals surface area (Å²) >= 11 is 0. The Morgan fingerprint density at radius 2 is 1.71 bits per heavy atom. The third-order valence-corrected chi connectivity index (χ3v) is 5.29. The zero-order valence-corrected chi connectivity index (χ0v) is 16.3. The third-order valence-electron chi connectivity index (χ3n) is 5.29. The van der Waals surface area contributed by atoms with Gasteiger partial charge < -0.3 is 15.4 Å². The van der Waals surface area contributed by atoms with E-state index >= 15 is 0 Å². The number of ether oxygens (including phenoxy) is 1. The highest BCUT2D eigenvalue weighted by molar-refractivity contribution is 5.65. The number of carbonyl (C=O) groups excluding carboxylic acids is 1. The Morgan fingerprint density at radius 1 is 1.07 bits per heavy atom. The minimum absolute atomic E-state index is 0.315. The monoisotopic (exact) mass is 385 g/mol. The molecule has 3 rings (SSSR count). The van der Waals surface area contributed by atoms with Crippen LogP contribution in [0.15, 0.2) is 48.5 Å². The molecule has 1 aliphatic heterocycles. The van der Waals surface area contributed by atoms with Gasteiger partial charge in [0.15, 0.2) is 0 Å². The van der Waals surface area contributed by atoms with Crippen molar-refractivity contribution in [3.05, 3.63) is 65.5 Å². The molecule has 1 fully saturated rings. The number of amides is 1. The molecule has 150 valence electrons. The van der Waals surface area contributed by atoms with Crippen molar-refractivity contribution in [3.63, 3.8) is 0 Å². The van der Waals surface area contributed by atoms with Crippen LogP contribution in [0.1, 0.15) is 30.6 Å². The maximum Gasteiger partial charge on any atom is 0.405 e. The molecule has 2 aromatic rings. The smallest absolute Gasteiger partial charge is 0.405 e. The Morgan fingerprint density at radius 3 is 2.29 bits per heavy atom. The van der Waals surface area contributed by atoms with Crippen molar-refractivity contribution >= 4 is 11.8 Å². The Balaban J connectivity index is 1.52. The van der Waals surface area contributed by atoms with E-state index in [4.69, 9.17) is 10.5 Å². The second kappa shape index (κ2) is 9.55. The van der Waals surface area contributed by atoms with Gasteiger partial charge in [0.1, 0.15) is 11.9 Å². The molecule has 1 saturated heterocycles. The van der Waals surface area contributed by atoms with E-state index in [0.717, 1.165) is 44.7 Å². The minimum atomic E-state index is -0.810. The van der Waals surface area contributed by atoms with E-state index in [0.29, 0.717) is 6.42 Å². The molecule has 1 heterocycles. The topological polar surface area (TPSA) is 58.8 Å². The van der Waals surface area contributed by atoms with E-state index in [1.807, 2.05) is 0 Å². The fourth-order valence-electron chi connectivity index (χ4n) is 3.58. The predicted molar refractivity (Wildman–Crippen MR) is 109 cm³/mol. The van der Waals surface area contributed by atoms with Crippen LogP contribution in [0.4, 0.5) is 14.9 Å². The molecule has 0 saturated carbocycles. The Labute approximate surface area is 165 Å². The van der Waals surface area contributed by atoms with Gasteiger partial charge in [0, 0.05) is 44.8 Å². The number of rotatable bonds is 7. The summed E-state index contributed by atoms with van der Waals surface area (Å²) in [5.74, 6) is -0.315. The molecule has 2 N–H and O–H groups in total. The quantitative estimate of drug-likeness (QED) is 0.789. The van der Waals surface area contributed by atoms with Crippen molar-refractivity contribution in [1.82, 2.24) is 4.90 Å². The second-order valence-corrected chi connectivity index (χ2v) is 7.11. The molecular formula is C22H28FN3O2. The second-order valence-electron chi connectivity index (χ2n) is 7.11. The maximum absolute atomic E-state index is 13.2. The SMILES string of the molecule is CCc1ccc(N2CCN(CCC(OC(N)=O)c3ccc(F)cc3)CC2)cc1. The molecule has 2 aromatic carbocycles. The van der Waals surface area contributed by atoms with Gasteiger partial charge in [0.05, 0.1) is 0 Å². The van der Waals surface area contributed by atoms with E-state index in [2.05, 4.69) is 41.0 Å². The molecule has 0 aliphatic carbocycles. The van der Waals surface area contributed by atoms with Gasteiger partial charge in [-0.1, -0.05) is 31.2 Å². The van der Waals surface area contributed by atoms with Crippen LogP contribution >= 0.6 is 0 Å². The lowest BCUT2D eigenvalue weighted by molar-refractivity contribution is 0.0910. The molecule has 28 heavy (non-hydrogen) atoms. The van der Waals surface area contributed by atoms with E-state index in [1.165, 1.54) is 23.4 Å². The summed E-state index contributed by atoms with van der Waals surface area (Å²) in [4.78, 5) is 16.0. The lowest BCUT2D eigenvalue weighted by Crippen LogP contribution is -2.46. The fourth-order valence-corrected chi connectivity index (χ4v) is 3.58. The van der Waals surface area contributed by atoms with Crippen molar-refractivity contribution in [3.8, 4) is 0 Å². The van der Waals surface area contributed by atoms with E-state index in [9.17, 15) is 9.18 Å². The molecule has 0 aromatic heterocycles. The predicted octanol–water partition coefficient (Wildman–Crippen LogP) is 3.74. The van der Waals surface area contributed by atoms with E-state index in [-0.39, 0.29) is 5.82 Å². The summed E-state index contributed by atoms with van der Waals surface area (Å²) in [6.07, 6.45) is 0.406. The van der Waals surface area contributed by atoms with Gasteiger partial charge in [0.25, 0.3) is 0 Å². The molecule has 0 radical (unpaired) electrons. The van der Waals surface area contributed by atoms with Gasteiger partial charge in [-0.3, -0.25) is 4.90 Å². The molecule has 6 heteroatoms. The minimum Gasteiger partial charge on any atom is -0.441 e. The first-order valence-electron chi connectivity index (χ1n) is 9.83. The van der Waals surface area contributed by atoms with Gasteiger partial charge in [-0.05, 0) is 41.8 Å². The highest BCUT2D eigenvalue weighted by Gasteiger charge is 2.21. The maximum atomic E-state index is 13.2. The summed E-state index contributed by atoms with van der Waals surface area (Å²) in [5.41, 5.74) is 8.59. The van der Waals surface area contributed by atoms with E-state index in [1.54, 1.807) is 12.1 Å². The molecule has 5 nitrogen and oxygen atoms in total. The van der Waals surface area contributed by atoms with Gasteiger partial charge in [0.2, 0.25) is 0 Å². The zero-order valence-electron chi connectivity index (χ0n) is 16.3. The van der Waals surface area contributed by atoms with Gasteiger partial charge >= 0.3 is 6.09 Å². The van der Waals surface area contributed by atoms with Crippen LogP contribution in [0.2, 0.25) is 0 Å². The summed E-state index contributed by atoms with van der Waals surface area (Å²) < 4.78 is 18.4. The highest BCUT2D eigenvalue weighted by atomic mass is 19.1. The number of hydrogen-bond donors (Lipinski definition) is 1. The molecule has 1 aliphatic rings. The average molecular weight is 385 g/mol. The van der Waals surface area contributed by atoms with Crippen LogP contribution in [-0.4, -0.2) is 43.7 Å². The summed E-state index contributed by atoms with van der Waals surface area (Å²) in [6.45, 7) is 6.77. The molecule has 1 atom stereocenters. The Hall–Kier alpha value is -2.60. The van der Waals surface area contributed by atoms with Crippen LogP contribution in [-0.2, 0) is 11.2 Å². The van der Waals surface area contributed by atoms with Crippen molar-refractivity contribution < 1.29 is 13.9 Å². The standard InChI is InChI=1S/C22H28FN3O2/c1-2-17-3-9-20(10-4-17)26-15-13-25(14-16-26)12-11-21(28-22(24)27)18-5-7-19(23)8-6-18/h3-10,21H,2,11-16H2,1H3,(H2,24,27). The number of carbonyl (C=O) groups is 1. The number of primary amides is 1. The first kappa shape index (κ1) is 20.1. The number of aryl methyl sites for hydroxylation is 1. The first-order chi connectivity index (χ1) is 13.5. The molecule has 1 amide bonds. The molecule has 1 unspecified atom stereocenters. The summed E-state index contributed by atoms with van der Waals surface area (Å²) in [6, 6.07) is 14.8. The van der Waals surface area contributed by atoms with Crippen molar-refractivity contribution in [2.45, 2.75) is 25.9 Å². The number of hydrogen-bond acceptors (Lipinski definition) is 4. The number of nitrogens with two attached hydrogens (primary N) is 1. The number of piperazine rings is 1. The van der Waals surface area contributed by atoms with Gasteiger partial charge in [-0.2, -0.15) is 0 Å². The van der Waals surface area contributed by atoms with Crippen LogP contribution in [0.25, 0.3) is 0 Å². The largest absolute Gasteiger partial charge is 0.441 e. The number of nitrogens with zero attached hydrogens (tertiary/aromatic N) is 2. The highest BCUT2D eigenvalue weighted by Crippen LogP contribution is 2.23. The van der Waals surface area contributed by atoms with Gasteiger partial charge in [-0.15, -0.1) is 0 Å². The number of benzene rings is 2. The summed E-state index contributed by atoms with van der Waals surface area (Å²) in [5, 5.41) is 0. The fraction of sp³-hybridized carbons (Fsp3) is 0.409. The van der Waals surface area contributed by atoms with Crippen LogP contribution in [0.3, 0.4) is 0 Å². The van der Waals surface area contributed by atoms with Crippen molar-refractivity contribution in [2.75, 3.05) is 37.6 Å². The zero-order chi connectivity index (χ0) is 19.9. The lowest BCUT2D eigenvalue weighted by atomic mass is 10.1. The molecular weight excluding hydrogens is 357 g/mol. The third kappa shape index (κ3) is 5.45. The van der Waals surface area contributed by atoms with Crippen LogP contribution in [0, 0.1) is 5.82 Å². The first-order valence-corrected chi connectivity index (χ1v) is 9.83. The van der Waals surface area contributed by atoms with Crippen molar-refractivity contribution in [2.24, 2.45) is 5.73 Å². The normalized spacial score (nSPS) is 16.0. The number of anilines is 1. The molecule has 0 bridgehead atoms. The molecule has 0 spiro atoms. The average Bonchev–Trinajstić information content (AvgIpc) is 2.72. The number of halogens is 1. The lowest BCUT2D eigenvalue weighted by Gasteiger charge is -2.36. The Kier molecular flexibility index (Phi) is 6.87. The van der Waals surface area contributed by atoms with E-state index < -0.39 is 12.2 Å². The van der Waals surface area contributed by atoms with Crippen LogP contribution < -0.4 is 10.6 Å². The summed E-state index contributed by atoms with van der Waals surface area (Å²) in [7, 11) is 0. The van der Waals surface area contributed by atoms with Crippen molar-refractivity contribution in [1.29, 1.82) is 0 Å².